The highest BCUT2D eigenvalue weighted by molar-refractivity contribution is 7.86. The first-order valence-electron chi connectivity index (χ1n) is 12.1. The Labute approximate surface area is 234 Å². The number of aldehydes is 1. The van der Waals surface area contributed by atoms with Gasteiger partial charge in [0.15, 0.2) is 0 Å². The first kappa shape index (κ1) is 34.9. The fourth-order valence-electron chi connectivity index (χ4n) is 3.04. The first-order chi connectivity index (χ1) is 18.8. The standard InChI is InChI=1S/C13H18O6S.C13H16O6S/c2*1-20(16,17)19-12(8-5-9-14)10-18-13(15)11-6-3-2-4-7-11/h2-4,6-7,12,14H,5,8-10H2,1H3;2-4,6-7,9,12H,5,8,10H2,1H3/t2*12-/m00/s1. The molecular weight excluding hydrogens is 568 g/mol. The molecule has 0 fully saturated rings. The van der Waals surface area contributed by atoms with Crippen molar-refractivity contribution in [3.8, 4) is 0 Å². The van der Waals surface area contributed by atoms with E-state index in [2.05, 4.69) is 0 Å². The van der Waals surface area contributed by atoms with Gasteiger partial charge in [0.1, 0.15) is 31.7 Å². The normalized spacial score (nSPS) is 12.8. The SMILES string of the molecule is CS(=O)(=O)O[C@@H](CCC=O)COC(=O)c1ccccc1.CS(=O)(=O)O[C@@H](CCCO)COC(=O)c1ccccc1. The molecule has 0 heterocycles. The van der Waals surface area contributed by atoms with E-state index in [1.807, 2.05) is 0 Å². The third-order valence-electron chi connectivity index (χ3n) is 4.73. The van der Waals surface area contributed by atoms with Crippen LogP contribution in [-0.4, -0.2) is 84.7 Å². The average molecular weight is 603 g/mol. The van der Waals surface area contributed by atoms with Crippen LogP contribution in [-0.2, 0) is 42.9 Å². The molecule has 2 aromatic carbocycles. The summed E-state index contributed by atoms with van der Waals surface area (Å²) < 4.78 is 63.9. The van der Waals surface area contributed by atoms with Gasteiger partial charge < -0.3 is 19.4 Å². The second-order valence-corrected chi connectivity index (χ2v) is 11.6. The van der Waals surface area contributed by atoms with Crippen LogP contribution in [0.3, 0.4) is 0 Å². The number of hydrogen-bond acceptors (Lipinski definition) is 12. The van der Waals surface area contributed by atoms with Gasteiger partial charge in [-0.05, 0) is 43.5 Å². The molecule has 2 aromatic rings. The minimum absolute atomic E-state index is 0.0871. The quantitative estimate of drug-likeness (QED) is 0.168. The molecule has 2 atom stereocenters. The third-order valence-corrected chi connectivity index (χ3v) is 5.98. The summed E-state index contributed by atoms with van der Waals surface area (Å²) in [4.78, 5) is 33.7. The Morgan fingerprint density at radius 3 is 1.50 bits per heavy atom. The number of rotatable bonds is 16. The molecule has 0 unspecified atom stereocenters. The lowest BCUT2D eigenvalue weighted by Crippen LogP contribution is -2.25. The van der Waals surface area contributed by atoms with E-state index in [1.54, 1.807) is 60.7 Å². The minimum atomic E-state index is -3.67. The Morgan fingerprint density at radius 2 is 1.15 bits per heavy atom. The molecule has 1 N–H and O–H groups in total. The maximum Gasteiger partial charge on any atom is 0.338 e. The van der Waals surface area contributed by atoms with Gasteiger partial charge >= 0.3 is 11.9 Å². The highest BCUT2D eigenvalue weighted by Crippen LogP contribution is 2.10. The lowest BCUT2D eigenvalue weighted by atomic mass is 10.2. The van der Waals surface area contributed by atoms with E-state index < -0.39 is 44.4 Å². The molecular formula is C26H34O12S2. The molecule has 0 amide bonds. The van der Waals surface area contributed by atoms with Crippen molar-refractivity contribution in [1.29, 1.82) is 0 Å². The van der Waals surface area contributed by atoms with Crippen molar-refractivity contribution < 1.29 is 54.2 Å². The van der Waals surface area contributed by atoms with Crippen molar-refractivity contribution in [1.82, 2.24) is 0 Å². The Hall–Kier alpha value is -3.17. The van der Waals surface area contributed by atoms with Crippen LogP contribution in [0.1, 0.15) is 46.4 Å². The van der Waals surface area contributed by atoms with Crippen LogP contribution in [0.15, 0.2) is 60.7 Å². The molecule has 0 radical (unpaired) electrons. The molecule has 0 bridgehead atoms. The molecule has 0 saturated carbocycles. The van der Waals surface area contributed by atoms with E-state index in [1.165, 1.54) is 0 Å². The monoisotopic (exact) mass is 602 g/mol. The number of esters is 2. The summed E-state index contributed by atoms with van der Waals surface area (Å²) in [5, 5.41) is 8.76. The van der Waals surface area contributed by atoms with Crippen LogP contribution in [0.25, 0.3) is 0 Å². The summed E-state index contributed by atoms with van der Waals surface area (Å²) in [5.74, 6) is -1.12. The Morgan fingerprint density at radius 1 is 0.750 bits per heavy atom. The van der Waals surface area contributed by atoms with E-state index in [0.717, 1.165) is 12.5 Å². The van der Waals surface area contributed by atoms with E-state index in [4.69, 9.17) is 22.9 Å². The fraction of sp³-hybridized carbons (Fsp3) is 0.423. The van der Waals surface area contributed by atoms with Crippen LogP contribution in [0.5, 0.6) is 0 Å². The third kappa shape index (κ3) is 16.7. The number of benzene rings is 2. The molecule has 0 aromatic heterocycles. The lowest BCUT2D eigenvalue weighted by Gasteiger charge is -2.15. The minimum Gasteiger partial charge on any atom is -0.459 e. The number of carbonyl (C=O) groups is 3. The predicted octanol–water partition coefficient (Wildman–Crippen LogP) is 2.13. The first-order valence-corrected chi connectivity index (χ1v) is 15.7. The van der Waals surface area contributed by atoms with Crippen molar-refractivity contribution in [3.63, 3.8) is 0 Å². The van der Waals surface area contributed by atoms with Gasteiger partial charge in [0.25, 0.3) is 20.2 Å². The molecule has 0 spiro atoms. The summed E-state index contributed by atoms with van der Waals surface area (Å²) in [6.45, 7) is -0.494. The molecule has 0 aliphatic carbocycles. The highest BCUT2D eigenvalue weighted by atomic mass is 32.2. The molecule has 0 aliphatic heterocycles. The molecule has 12 nitrogen and oxygen atoms in total. The number of aliphatic hydroxyl groups excluding tert-OH is 1. The molecule has 0 saturated heterocycles. The summed E-state index contributed by atoms with van der Waals surface area (Å²) in [6.07, 6.45) is 1.78. The Balaban J connectivity index is 0.000000400. The van der Waals surface area contributed by atoms with Gasteiger partial charge in [0.05, 0.1) is 23.6 Å². The zero-order valence-electron chi connectivity index (χ0n) is 22.2. The Kier molecular flexibility index (Phi) is 15.9. The second kappa shape index (κ2) is 18.2. The topological polar surface area (TPSA) is 177 Å². The van der Waals surface area contributed by atoms with Crippen molar-refractivity contribution >= 4 is 38.5 Å². The summed E-state index contributed by atoms with van der Waals surface area (Å²) in [7, 11) is -7.31. The highest BCUT2D eigenvalue weighted by Gasteiger charge is 2.19. The zero-order chi connectivity index (χ0) is 30.0. The number of hydrogen-bond donors (Lipinski definition) is 1. The summed E-state index contributed by atoms with van der Waals surface area (Å²) >= 11 is 0. The Bertz CT molecular complexity index is 1250. The van der Waals surface area contributed by atoms with Crippen molar-refractivity contribution in [3.05, 3.63) is 71.8 Å². The van der Waals surface area contributed by atoms with E-state index in [0.29, 0.717) is 23.8 Å². The molecule has 2 rings (SSSR count). The van der Waals surface area contributed by atoms with E-state index in [-0.39, 0.29) is 39.1 Å². The maximum atomic E-state index is 11.7. The van der Waals surface area contributed by atoms with Crippen LogP contribution in [0.2, 0.25) is 0 Å². The second-order valence-electron chi connectivity index (χ2n) is 8.38. The summed E-state index contributed by atoms with van der Waals surface area (Å²) in [6, 6.07) is 16.7. The molecule has 14 heteroatoms. The smallest absolute Gasteiger partial charge is 0.338 e. The number of carbonyl (C=O) groups excluding carboxylic acids is 3. The van der Waals surface area contributed by atoms with Crippen molar-refractivity contribution in [2.75, 3.05) is 32.3 Å². The van der Waals surface area contributed by atoms with Gasteiger partial charge in [0.2, 0.25) is 0 Å². The molecule has 40 heavy (non-hydrogen) atoms. The summed E-state index contributed by atoms with van der Waals surface area (Å²) in [5.41, 5.74) is 0.744. The van der Waals surface area contributed by atoms with E-state index >= 15 is 0 Å². The molecule has 222 valence electrons. The largest absolute Gasteiger partial charge is 0.459 e. The van der Waals surface area contributed by atoms with Crippen molar-refractivity contribution in [2.45, 2.75) is 37.9 Å². The number of aliphatic hydroxyl groups is 1. The van der Waals surface area contributed by atoms with E-state index in [9.17, 15) is 31.2 Å². The van der Waals surface area contributed by atoms with Gasteiger partial charge in [-0.15, -0.1) is 0 Å². The fourth-order valence-corrected chi connectivity index (χ4v) is 4.33. The number of ether oxygens (including phenoxy) is 2. The van der Waals surface area contributed by atoms with Gasteiger partial charge in [-0.1, -0.05) is 36.4 Å². The average Bonchev–Trinajstić information content (AvgIpc) is 2.91. The van der Waals surface area contributed by atoms with Crippen LogP contribution in [0, 0.1) is 0 Å². The molecule has 0 aliphatic rings. The lowest BCUT2D eigenvalue weighted by molar-refractivity contribution is -0.108. The van der Waals surface area contributed by atoms with Crippen LogP contribution >= 0.6 is 0 Å². The van der Waals surface area contributed by atoms with Gasteiger partial charge in [-0.25, -0.2) is 9.59 Å². The maximum absolute atomic E-state index is 11.7. The van der Waals surface area contributed by atoms with Gasteiger partial charge in [-0.2, -0.15) is 16.8 Å². The zero-order valence-corrected chi connectivity index (χ0v) is 23.8. The van der Waals surface area contributed by atoms with Gasteiger partial charge in [0, 0.05) is 13.0 Å². The van der Waals surface area contributed by atoms with Crippen LogP contribution < -0.4 is 0 Å². The van der Waals surface area contributed by atoms with Crippen LogP contribution in [0.4, 0.5) is 0 Å². The van der Waals surface area contributed by atoms with Crippen molar-refractivity contribution in [2.24, 2.45) is 0 Å². The van der Waals surface area contributed by atoms with Gasteiger partial charge in [-0.3, -0.25) is 8.37 Å². The predicted molar refractivity (Wildman–Crippen MR) is 145 cm³/mol.